The van der Waals surface area contributed by atoms with Crippen LogP contribution in [0.4, 0.5) is 0 Å². The van der Waals surface area contributed by atoms with E-state index in [9.17, 15) is 5.11 Å². The summed E-state index contributed by atoms with van der Waals surface area (Å²) in [4.78, 5) is 5.05. The Kier molecular flexibility index (Phi) is 5.98. The summed E-state index contributed by atoms with van der Waals surface area (Å²) in [6.07, 6.45) is -0.552. The lowest BCUT2D eigenvalue weighted by Gasteiger charge is -2.14. The fourth-order valence-electron chi connectivity index (χ4n) is 1.95. The van der Waals surface area contributed by atoms with Gasteiger partial charge in [0.05, 0.1) is 6.61 Å². The Hall–Kier alpha value is -1.63. The van der Waals surface area contributed by atoms with Gasteiger partial charge in [-0.05, 0) is 17.5 Å². The van der Waals surface area contributed by atoms with E-state index in [1.807, 2.05) is 18.2 Å². The molecule has 21 heavy (non-hydrogen) atoms. The molecule has 0 radical (unpaired) electrons. The van der Waals surface area contributed by atoms with Crippen molar-refractivity contribution in [1.82, 2.24) is 10.6 Å². The van der Waals surface area contributed by atoms with Crippen LogP contribution in [0.25, 0.3) is 10.1 Å². The van der Waals surface area contributed by atoms with E-state index in [4.69, 9.17) is 4.74 Å². The Morgan fingerprint density at radius 3 is 2.90 bits per heavy atom. The number of guanidine groups is 1. The van der Waals surface area contributed by atoms with E-state index in [1.54, 1.807) is 25.5 Å². The Labute approximate surface area is 128 Å². The van der Waals surface area contributed by atoms with E-state index < -0.39 is 6.10 Å². The van der Waals surface area contributed by atoms with Crippen molar-refractivity contribution in [2.75, 3.05) is 33.9 Å². The van der Waals surface area contributed by atoms with Gasteiger partial charge < -0.3 is 20.5 Å². The second-order valence-corrected chi connectivity index (χ2v) is 5.69. The number of fused-ring (bicyclic) bond motifs is 1. The number of rotatable bonds is 6. The largest absolute Gasteiger partial charge is 0.386 e. The Morgan fingerprint density at radius 1 is 1.38 bits per heavy atom. The van der Waals surface area contributed by atoms with Crippen LogP contribution in [0.15, 0.2) is 35.3 Å². The average Bonchev–Trinajstić information content (AvgIpc) is 2.94. The molecule has 1 aromatic heterocycles. The van der Waals surface area contributed by atoms with Gasteiger partial charge in [0.2, 0.25) is 0 Å². The third-order valence-corrected chi connectivity index (χ3v) is 4.28. The number of methoxy groups -OCH3 is 1. The zero-order chi connectivity index (χ0) is 15.1. The van der Waals surface area contributed by atoms with Gasteiger partial charge in [-0.3, -0.25) is 4.99 Å². The van der Waals surface area contributed by atoms with Gasteiger partial charge in [0, 0.05) is 36.8 Å². The fourth-order valence-corrected chi connectivity index (χ4v) is 3.00. The molecule has 114 valence electrons. The van der Waals surface area contributed by atoms with Crippen LogP contribution in [0.3, 0.4) is 0 Å². The third-order valence-electron chi connectivity index (χ3n) is 3.06. The molecule has 0 fully saturated rings. The van der Waals surface area contributed by atoms with Crippen molar-refractivity contribution < 1.29 is 9.84 Å². The number of thiophene rings is 1. The molecule has 0 bridgehead atoms. The first kappa shape index (κ1) is 15.8. The maximum Gasteiger partial charge on any atom is 0.191 e. The van der Waals surface area contributed by atoms with Gasteiger partial charge in [0.25, 0.3) is 0 Å². The first-order chi connectivity index (χ1) is 10.2. The Morgan fingerprint density at radius 2 is 2.19 bits per heavy atom. The van der Waals surface area contributed by atoms with Crippen molar-refractivity contribution in [3.8, 4) is 0 Å². The molecule has 0 aliphatic carbocycles. The van der Waals surface area contributed by atoms with Crippen LogP contribution in [-0.4, -0.2) is 44.9 Å². The summed E-state index contributed by atoms with van der Waals surface area (Å²) in [5, 5.41) is 17.7. The van der Waals surface area contributed by atoms with Crippen molar-refractivity contribution >= 4 is 27.4 Å². The fraction of sp³-hybridized carbons (Fsp3) is 0.400. The molecule has 0 aliphatic heterocycles. The Bertz CT molecular complexity index is 564. The quantitative estimate of drug-likeness (QED) is 0.432. The molecule has 0 aliphatic rings. The zero-order valence-electron chi connectivity index (χ0n) is 12.3. The molecule has 0 spiro atoms. The molecule has 1 atom stereocenters. The number of aliphatic hydroxyl groups excluding tert-OH is 1. The van der Waals surface area contributed by atoms with Gasteiger partial charge in [-0.25, -0.2) is 0 Å². The van der Waals surface area contributed by atoms with Crippen molar-refractivity contribution in [3.05, 3.63) is 35.2 Å². The first-order valence-electron chi connectivity index (χ1n) is 6.84. The molecule has 1 aromatic carbocycles. The van der Waals surface area contributed by atoms with E-state index >= 15 is 0 Å². The highest BCUT2D eigenvalue weighted by Gasteiger charge is 2.11. The van der Waals surface area contributed by atoms with Crippen molar-refractivity contribution in [2.45, 2.75) is 6.10 Å². The van der Waals surface area contributed by atoms with Crippen LogP contribution in [0.5, 0.6) is 0 Å². The highest BCUT2D eigenvalue weighted by molar-refractivity contribution is 7.19. The molecule has 0 saturated carbocycles. The molecule has 6 heteroatoms. The van der Waals surface area contributed by atoms with Crippen LogP contribution in [0.1, 0.15) is 11.0 Å². The van der Waals surface area contributed by atoms with E-state index in [1.165, 1.54) is 10.1 Å². The molecule has 3 N–H and O–H groups in total. The summed E-state index contributed by atoms with van der Waals surface area (Å²) in [7, 11) is 3.36. The second kappa shape index (κ2) is 7.97. The Balaban J connectivity index is 1.90. The minimum Gasteiger partial charge on any atom is -0.386 e. The molecule has 2 rings (SSSR count). The third kappa shape index (κ3) is 4.42. The number of nitrogens with zero attached hydrogens (tertiary/aromatic N) is 1. The number of hydrogen-bond acceptors (Lipinski definition) is 4. The highest BCUT2D eigenvalue weighted by atomic mass is 32.1. The van der Waals surface area contributed by atoms with E-state index in [-0.39, 0.29) is 0 Å². The van der Waals surface area contributed by atoms with Crippen molar-refractivity contribution in [2.24, 2.45) is 4.99 Å². The predicted molar refractivity (Wildman–Crippen MR) is 88.0 cm³/mol. The summed E-state index contributed by atoms with van der Waals surface area (Å²) >= 11 is 1.62. The van der Waals surface area contributed by atoms with Crippen LogP contribution < -0.4 is 10.6 Å². The topological polar surface area (TPSA) is 65.9 Å². The van der Waals surface area contributed by atoms with Gasteiger partial charge in [-0.2, -0.15) is 0 Å². The minimum absolute atomic E-state index is 0.416. The average molecular weight is 307 g/mol. The second-order valence-electron chi connectivity index (χ2n) is 4.58. The van der Waals surface area contributed by atoms with Crippen molar-refractivity contribution in [3.63, 3.8) is 0 Å². The maximum absolute atomic E-state index is 10.3. The lowest BCUT2D eigenvalue weighted by Crippen LogP contribution is -2.40. The minimum atomic E-state index is -0.552. The lowest BCUT2D eigenvalue weighted by atomic mass is 10.2. The summed E-state index contributed by atoms with van der Waals surface area (Å²) < 4.78 is 6.16. The number of aliphatic imine (C=N–C) groups is 1. The van der Waals surface area contributed by atoms with E-state index in [2.05, 4.69) is 27.8 Å². The van der Waals surface area contributed by atoms with E-state index in [0.29, 0.717) is 25.7 Å². The zero-order valence-corrected chi connectivity index (χ0v) is 13.1. The normalized spacial score (nSPS) is 13.4. The first-order valence-corrected chi connectivity index (χ1v) is 7.66. The van der Waals surface area contributed by atoms with Crippen LogP contribution in [0, 0.1) is 0 Å². The van der Waals surface area contributed by atoms with Crippen LogP contribution >= 0.6 is 11.3 Å². The number of aliphatic hydroxyl groups is 1. The summed E-state index contributed by atoms with van der Waals surface area (Å²) in [6.45, 7) is 1.70. The van der Waals surface area contributed by atoms with Gasteiger partial charge in [0.15, 0.2) is 5.96 Å². The highest BCUT2D eigenvalue weighted by Crippen LogP contribution is 2.29. The van der Waals surface area contributed by atoms with Crippen molar-refractivity contribution in [1.29, 1.82) is 0 Å². The number of benzene rings is 1. The monoisotopic (exact) mass is 307 g/mol. The number of ether oxygens (including phenoxy) is 1. The molecule has 2 aromatic rings. The summed E-state index contributed by atoms with van der Waals surface area (Å²) in [5.41, 5.74) is 0. The molecule has 5 nitrogen and oxygen atoms in total. The molecular formula is C15H21N3O2S. The number of hydrogen-bond donors (Lipinski definition) is 3. The van der Waals surface area contributed by atoms with Crippen LogP contribution in [-0.2, 0) is 4.74 Å². The van der Waals surface area contributed by atoms with Crippen LogP contribution in [0.2, 0.25) is 0 Å². The molecule has 1 unspecified atom stereocenters. The van der Waals surface area contributed by atoms with E-state index in [0.717, 1.165) is 4.88 Å². The van der Waals surface area contributed by atoms with Gasteiger partial charge in [-0.1, -0.05) is 18.2 Å². The smallest absolute Gasteiger partial charge is 0.191 e. The van der Waals surface area contributed by atoms with Gasteiger partial charge in [-0.15, -0.1) is 11.3 Å². The maximum atomic E-state index is 10.3. The standard InChI is InChI=1S/C15H21N3O2S/c1-16-15(17-7-8-20-2)18-10-12(19)14-9-11-5-3-4-6-13(11)21-14/h3-6,9,12,19H,7-8,10H2,1-2H3,(H2,16,17,18). The number of nitrogens with one attached hydrogen (secondary N) is 2. The molecule has 1 heterocycles. The summed E-state index contributed by atoms with van der Waals surface area (Å²) in [5.74, 6) is 0.659. The SMILES string of the molecule is CN=C(NCCOC)NCC(O)c1cc2ccccc2s1. The molecular weight excluding hydrogens is 286 g/mol. The molecule has 0 amide bonds. The molecule has 0 saturated heterocycles. The van der Waals surface area contributed by atoms with Gasteiger partial charge >= 0.3 is 0 Å². The summed E-state index contributed by atoms with van der Waals surface area (Å²) in [6, 6.07) is 10.2. The lowest BCUT2D eigenvalue weighted by molar-refractivity contribution is 0.184. The van der Waals surface area contributed by atoms with Gasteiger partial charge in [0.1, 0.15) is 6.10 Å². The predicted octanol–water partition coefficient (Wildman–Crippen LogP) is 1.75.